The van der Waals surface area contributed by atoms with Crippen molar-refractivity contribution in [1.29, 1.82) is 0 Å². The van der Waals surface area contributed by atoms with E-state index in [1.54, 1.807) is 6.07 Å². The van der Waals surface area contributed by atoms with Gasteiger partial charge in [0, 0.05) is 17.8 Å². The molecule has 2 aromatic rings. The molecule has 1 amide bonds. The molecule has 108 valence electrons. The Labute approximate surface area is 121 Å². The van der Waals surface area contributed by atoms with Crippen molar-refractivity contribution in [3.05, 3.63) is 65.5 Å². The van der Waals surface area contributed by atoms with Crippen LogP contribution in [0.1, 0.15) is 23.3 Å². The smallest absolute Gasteiger partial charge is 0.246 e. The van der Waals surface area contributed by atoms with Crippen molar-refractivity contribution in [2.24, 2.45) is 0 Å². The van der Waals surface area contributed by atoms with Gasteiger partial charge in [0.1, 0.15) is 11.9 Å². The van der Waals surface area contributed by atoms with Crippen LogP contribution in [-0.2, 0) is 4.79 Å². The number of rotatable bonds is 4. The van der Waals surface area contributed by atoms with Gasteiger partial charge in [0.25, 0.3) is 0 Å². The van der Waals surface area contributed by atoms with Gasteiger partial charge < -0.3 is 10.4 Å². The van der Waals surface area contributed by atoms with E-state index in [1.807, 2.05) is 30.3 Å². The standard InChI is InChI=1S/C16H15FN2O2/c17-11-6-7-12-13(8-11)19-16(21)15(12)18-9-14(20)10-4-2-1-3-5-10/h1-8,14-15,18,20H,9H2,(H,19,21). The second-order valence-electron chi connectivity index (χ2n) is 4.99. The van der Waals surface area contributed by atoms with Crippen LogP contribution in [0.3, 0.4) is 0 Å². The van der Waals surface area contributed by atoms with Crippen LogP contribution in [0, 0.1) is 5.82 Å². The van der Waals surface area contributed by atoms with Gasteiger partial charge in [-0.15, -0.1) is 0 Å². The summed E-state index contributed by atoms with van der Waals surface area (Å²) in [6, 6.07) is 12.8. The maximum absolute atomic E-state index is 13.1. The molecule has 2 atom stereocenters. The molecule has 2 aromatic carbocycles. The molecule has 2 unspecified atom stereocenters. The van der Waals surface area contributed by atoms with E-state index in [9.17, 15) is 14.3 Å². The number of benzene rings is 2. The Morgan fingerprint density at radius 1 is 1.24 bits per heavy atom. The second-order valence-corrected chi connectivity index (χ2v) is 4.99. The molecule has 0 radical (unpaired) electrons. The van der Waals surface area contributed by atoms with Crippen molar-refractivity contribution in [3.63, 3.8) is 0 Å². The van der Waals surface area contributed by atoms with Crippen molar-refractivity contribution in [2.45, 2.75) is 12.1 Å². The van der Waals surface area contributed by atoms with Crippen molar-refractivity contribution in [3.8, 4) is 0 Å². The fourth-order valence-electron chi connectivity index (χ4n) is 2.46. The van der Waals surface area contributed by atoms with E-state index in [0.29, 0.717) is 11.3 Å². The monoisotopic (exact) mass is 286 g/mol. The average molecular weight is 286 g/mol. The van der Waals surface area contributed by atoms with Gasteiger partial charge in [-0.05, 0) is 17.7 Å². The molecule has 0 saturated heterocycles. The molecule has 1 aliphatic heterocycles. The van der Waals surface area contributed by atoms with Gasteiger partial charge >= 0.3 is 0 Å². The Morgan fingerprint density at radius 3 is 2.76 bits per heavy atom. The molecule has 3 N–H and O–H groups in total. The van der Waals surface area contributed by atoms with Crippen LogP contribution in [0.15, 0.2) is 48.5 Å². The number of amides is 1. The Kier molecular flexibility index (Phi) is 3.68. The van der Waals surface area contributed by atoms with Crippen molar-refractivity contribution in [2.75, 3.05) is 11.9 Å². The van der Waals surface area contributed by atoms with E-state index in [2.05, 4.69) is 10.6 Å². The van der Waals surface area contributed by atoms with E-state index >= 15 is 0 Å². The van der Waals surface area contributed by atoms with Crippen molar-refractivity contribution < 1.29 is 14.3 Å². The van der Waals surface area contributed by atoms with Gasteiger partial charge in [0.2, 0.25) is 5.91 Å². The molecule has 0 aromatic heterocycles. The first-order valence-electron chi connectivity index (χ1n) is 6.72. The zero-order valence-electron chi connectivity index (χ0n) is 11.2. The lowest BCUT2D eigenvalue weighted by molar-refractivity contribution is -0.117. The van der Waals surface area contributed by atoms with Gasteiger partial charge in [-0.2, -0.15) is 0 Å². The Morgan fingerprint density at radius 2 is 2.00 bits per heavy atom. The van der Waals surface area contributed by atoms with Crippen molar-refractivity contribution in [1.82, 2.24) is 5.32 Å². The van der Waals surface area contributed by atoms with E-state index < -0.39 is 12.1 Å². The van der Waals surface area contributed by atoms with Gasteiger partial charge in [-0.3, -0.25) is 10.1 Å². The summed E-state index contributed by atoms with van der Waals surface area (Å²) in [7, 11) is 0. The molecule has 21 heavy (non-hydrogen) atoms. The topological polar surface area (TPSA) is 61.4 Å². The van der Waals surface area contributed by atoms with Gasteiger partial charge in [-0.25, -0.2) is 4.39 Å². The number of hydrogen-bond acceptors (Lipinski definition) is 3. The lowest BCUT2D eigenvalue weighted by Crippen LogP contribution is -2.31. The number of carbonyl (C=O) groups is 1. The minimum absolute atomic E-state index is 0.235. The lowest BCUT2D eigenvalue weighted by atomic mass is 10.1. The highest BCUT2D eigenvalue weighted by molar-refractivity contribution is 6.02. The first-order valence-corrected chi connectivity index (χ1v) is 6.72. The zero-order valence-corrected chi connectivity index (χ0v) is 11.2. The highest BCUT2D eigenvalue weighted by Gasteiger charge is 2.30. The number of aliphatic hydroxyl groups excluding tert-OH is 1. The largest absolute Gasteiger partial charge is 0.387 e. The van der Waals surface area contributed by atoms with Crippen LogP contribution in [0.2, 0.25) is 0 Å². The maximum atomic E-state index is 13.1. The summed E-state index contributed by atoms with van der Waals surface area (Å²) in [5.41, 5.74) is 1.95. The van der Waals surface area contributed by atoms with Crippen LogP contribution < -0.4 is 10.6 Å². The van der Waals surface area contributed by atoms with E-state index in [0.717, 1.165) is 5.56 Å². The number of fused-ring (bicyclic) bond motifs is 1. The summed E-state index contributed by atoms with van der Waals surface area (Å²) in [6.45, 7) is 0.235. The van der Waals surface area contributed by atoms with Crippen LogP contribution in [-0.4, -0.2) is 17.6 Å². The molecule has 1 heterocycles. The summed E-state index contributed by atoms with van der Waals surface area (Å²) < 4.78 is 13.1. The SMILES string of the molecule is O=C1Nc2cc(F)ccc2C1NCC(O)c1ccccc1. The quantitative estimate of drug-likeness (QED) is 0.807. The number of nitrogens with one attached hydrogen (secondary N) is 2. The third-order valence-electron chi connectivity index (χ3n) is 3.55. The maximum Gasteiger partial charge on any atom is 0.246 e. The van der Waals surface area contributed by atoms with Crippen LogP contribution >= 0.6 is 0 Å². The van der Waals surface area contributed by atoms with Gasteiger partial charge in [0.15, 0.2) is 0 Å². The highest BCUT2D eigenvalue weighted by Crippen LogP contribution is 2.31. The molecule has 1 aliphatic rings. The number of hydrogen-bond donors (Lipinski definition) is 3. The average Bonchev–Trinajstić information content (AvgIpc) is 2.80. The predicted molar refractivity (Wildman–Crippen MR) is 77.2 cm³/mol. The summed E-state index contributed by atoms with van der Waals surface area (Å²) in [5.74, 6) is -0.630. The Balaban J connectivity index is 1.70. The fraction of sp³-hybridized carbons (Fsp3) is 0.188. The zero-order chi connectivity index (χ0) is 14.8. The van der Waals surface area contributed by atoms with E-state index in [4.69, 9.17) is 0 Å². The number of aliphatic hydroxyl groups is 1. The third-order valence-corrected chi connectivity index (χ3v) is 3.55. The molecule has 0 saturated carbocycles. The number of carbonyl (C=O) groups excluding carboxylic acids is 1. The summed E-state index contributed by atoms with van der Waals surface area (Å²) in [4.78, 5) is 11.9. The molecule has 0 spiro atoms. The van der Waals surface area contributed by atoms with Crippen LogP contribution in [0.5, 0.6) is 0 Å². The molecule has 0 aliphatic carbocycles. The molecular formula is C16H15FN2O2. The minimum Gasteiger partial charge on any atom is -0.387 e. The Hall–Kier alpha value is -2.24. The van der Waals surface area contributed by atoms with E-state index in [1.165, 1.54) is 12.1 Å². The van der Waals surface area contributed by atoms with Crippen LogP contribution in [0.4, 0.5) is 10.1 Å². The summed E-state index contributed by atoms with van der Waals surface area (Å²) >= 11 is 0. The first kappa shape index (κ1) is 13.7. The minimum atomic E-state index is -0.705. The second kappa shape index (κ2) is 5.63. The molecule has 5 heteroatoms. The third kappa shape index (κ3) is 2.79. The molecular weight excluding hydrogens is 271 g/mol. The molecule has 0 bridgehead atoms. The normalized spacial score (nSPS) is 18.2. The number of anilines is 1. The van der Waals surface area contributed by atoms with Gasteiger partial charge in [-0.1, -0.05) is 36.4 Å². The molecule has 3 rings (SSSR count). The van der Waals surface area contributed by atoms with E-state index in [-0.39, 0.29) is 18.3 Å². The molecule has 4 nitrogen and oxygen atoms in total. The predicted octanol–water partition coefficient (Wildman–Crippen LogP) is 2.14. The van der Waals surface area contributed by atoms with Crippen molar-refractivity contribution >= 4 is 11.6 Å². The highest BCUT2D eigenvalue weighted by atomic mass is 19.1. The van der Waals surface area contributed by atoms with Gasteiger partial charge in [0.05, 0.1) is 6.10 Å². The fourth-order valence-corrected chi connectivity index (χ4v) is 2.46. The molecule has 0 fully saturated rings. The number of halogens is 1. The van der Waals surface area contributed by atoms with Crippen LogP contribution in [0.25, 0.3) is 0 Å². The summed E-state index contributed by atoms with van der Waals surface area (Å²) in [5, 5.41) is 15.8. The Bertz CT molecular complexity index is 661. The lowest BCUT2D eigenvalue weighted by Gasteiger charge is -2.16. The summed E-state index contributed by atoms with van der Waals surface area (Å²) in [6.07, 6.45) is -0.705. The first-order chi connectivity index (χ1) is 10.1.